The van der Waals surface area contributed by atoms with Crippen molar-refractivity contribution in [1.82, 2.24) is 4.90 Å². The molecular weight excluding hydrogens is 336 g/mol. The first-order valence-electron chi connectivity index (χ1n) is 6.93. The number of amides is 3. The van der Waals surface area contributed by atoms with Crippen LogP contribution >= 0.6 is 11.6 Å². The van der Waals surface area contributed by atoms with Crippen molar-refractivity contribution < 1.29 is 24.3 Å². The number of imide groups is 1. The van der Waals surface area contributed by atoms with Gasteiger partial charge in [0.25, 0.3) is 11.8 Å². The number of aliphatic carboxylic acids is 1. The van der Waals surface area contributed by atoms with Gasteiger partial charge in [0.2, 0.25) is 5.91 Å². The number of alkyl halides is 1. The molecular formula is C16H11ClN2O5. The van der Waals surface area contributed by atoms with E-state index in [1.807, 2.05) is 0 Å². The van der Waals surface area contributed by atoms with Crippen LogP contribution in [0.3, 0.4) is 0 Å². The number of carbonyl (C=O) groups is 4. The summed E-state index contributed by atoms with van der Waals surface area (Å²) in [4.78, 5) is 48.1. The second kappa shape index (κ2) is 5.93. The predicted octanol–water partition coefficient (Wildman–Crippen LogP) is 1.70. The van der Waals surface area contributed by atoms with Gasteiger partial charge in [-0.3, -0.25) is 24.1 Å². The summed E-state index contributed by atoms with van der Waals surface area (Å²) in [5.74, 6) is -3.35. The first-order valence-corrected chi connectivity index (χ1v) is 7.46. The Bertz CT molecular complexity index is 909. The molecule has 3 rings (SSSR count). The molecule has 0 atom stereocenters. The van der Waals surface area contributed by atoms with E-state index in [9.17, 15) is 19.2 Å². The van der Waals surface area contributed by atoms with Crippen LogP contribution in [0.25, 0.3) is 10.8 Å². The molecule has 7 nitrogen and oxygen atoms in total. The van der Waals surface area contributed by atoms with E-state index in [2.05, 4.69) is 5.32 Å². The molecule has 0 fully saturated rings. The van der Waals surface area contributed by atoms with Crippen molar-refractivity contribution in [1.29, 1.82) is 0 Å². The van der Waals surface area contributed by atoms with Crippen LogP contribution in [0.1, 0.15) is 20.7 Å². The molecule has 0 spiro atoms. The molecule has 1 heterocycles. The molecule has 122 valence electrons. The van der Waals surface area contributed by atoms with E-state index in [4.69, 9.17) is 16.7 Å². The molecule has 24 heavy (non-hydrogen) atoms. The topological polar surface area (TPSA) is 104 Å². The number of nitrogens with one attached hydrogen (secondary N) is 1. The molecule has 0 unspecified atom stereocenters. The Hall–Kier alpha value is -2.93. The molecule has 1 aliphatic heterocycles. The number of anilines is 1. The zero-order chi connectivity index (χ0) is 17.4. The van der Waals surface area contributed by atoms with Gasteiger partial charge in [0.15, 0.2) is 0 Å². The van der Waals surface area contributed by atoms with Gasteiger partial charge in [-0.05, 0) is 23.6 Å². The highest BCUT2D eigenvalue weighted by Gasteiger charge is 2.34. The van der Waals surface area contributed by atoms with Gasteiger partial charge in [0, 0.05) is 16.6 Å². The Labute approximate surface area is 140 Å². The Morgan fingerprint density at radius 2 is 1.83 bits per heavy atom. The summed E-state index contributed by atoms with van der Waals surface area (Å²) in [7, 11) is 0. The number of carbonyl (C=O) groups excluding carboxylic acids is 3. The minimum absolute atomic E-state index is 0.161. The number of halogens is 1. The van der Waals surface area contributed by atoms with Crippen LogP contribution in [0.2, 0.25) is 0 Å². The molecule has 0 saturated carbocycles. The molecule has 0 saturated heterocycles. The second-order valence-electron chi connectivity index (χ2n) is 5.20. The van der Waals surface area contributed by atoms with E-state index in [1.54, 1.807) is 18.2 Å². The zero-order valence-electron chi connectivity index (χ0n) is 12.2. The third-order valence-electron chi connectivity index (χ3n) is 3.63. The lowest BCUT2D eigenvalue weighted by Crippen LogP contribution is -2.43. The fraction of sp³-hybridized carbons (Fsp3) is 0.125. The smallest absolute Gasteiger partial charge is 0.323 e. The maximum Gasteiger partial charge on any atom is 0.323 e. The largest absolute Gasteiger partial charge is 0.480 e. The highest BCUT2D eigenvalue weighted by Crippen LogP contribution is 2.32. The van der Waals surface area contributed by atoms with E-state index >= 15 is 0 Å². The maximum absolute atomic E-state index is 12.6. The SMILES string of the molecule is O=C(O)CN1C(=O)c2cccc3cc(NC(=O)CCl)cc(c23)C1=O. The minimum Gasteiger partial charge on any atom is -0.480 e. The Morgan fingerprint density at radius 1 is 1.12 bits per heavy atom. The van der Waals surface area contributed by atoms with Crippen LogP contribution in [-0.2, 0) is 9.59 Å². The van der Waals surface area contributed by atoms with Crippen molar-refractivity contribution in [3.63, 3.8) is 0 Å². The average molecular weight is 347 g/mol. The average Bonchev–Trinajstić information content (AvgIpc) is 2.55. The van der Waals surface area contributed by atoms with Crippen molar-refractivity contribution in [3.8, 4) is 0 Å². The van der Waals surface area contributed by atoms with Crippen molar-refractivity contribution >= 4 is 51.8 Å². The van der Waals surface area contributed by atoms with E-state index in [0.717, 1.165) is 0 Å². The summed E-state index contributed by atoms with van der Waals surface area (Å²) in [6.45, 7) is -0.730. The number of nitrogens with zero attached hydrogens (tertiary/aromatic N) is 1. The van der Waals surface area contributed by atoms with Gasteiger partial charge in [-0.2, -0.15) is 0 Å². The van der Waals surface area contributed by atoms with Gasteiger partial charge in [-0.1, -0.05) is 12.1 Å². The first kappa shape index (κ1) is 15.9. The third-order valence-corrected chi connectivity index (χ3v) is 3.87. The van der Waals surface area contributed by atoms with Crippen molar-refractivity contribution in [2.24, 2.45) is 0 Å². The molecule has 1 aliphatic rings. The number of hydrogen-bond acceptors (Lipinski definition) is 4. The van der Waals surface area contributed by atoms with Crippen LogP contribution in [0, 0.1) is 0 Å². The zero-order valence-corrected chi connectivity index (χ0v) is 13.0. The molecule has 0 bridgehead atoms. The monoisotopic (exact) mass is 346 g/mol. The van der Waals surface area contributed by atoms with Crippen molar-refractivity contribution in [3.05, 3.63) is 41.5 Å². The minimum atomic E-state index is -1.29. The Kier molecular flexibility index (Phi) is 3.94. The van der Waals surface area contributed by atoms with Crippen LogP contribution in [0.4, 0.5) is 5.69 Å². The Balaban J connectivity index is 2.19. The number of carboxylic acid groups (broad SMARTS) is 1. The van der Waals surface area contributed by atoms with Gasteiger partial charge in [-0.25, -0.2) is 0 Å². The Morgan fingerprint density at radius 3 is 2.50 bits per heavy atom. The van der Waals surface area contributed by atoms with Crippen molar-refractivity contribution in [2.45, 2.75) is 0 Å². The normalized spacial score (nSPS) is 13.3. The summed E-state index contributed by atoms with van der Waals surface area (Å²) in [5.41, 5.74) is 0.755. The number of rotatable bonds is 4. The first-order chi connectivity index (χ1) is 11.4. The quantitative estimate of drug-likeness (QED) is 0.647. The fourth-order valence-electron chi connectivity index (χ4n) is 2.70. The third kappa shape index (κ3) is 2.59. The van der Waals surface area contributed by atoms with Gasteiger partial charge < -0.3 is 10.4 Å². The number of benzene rings is 2. The van der Waals surface area contributed by atoms with E-state index < -0.39 is 30.2 Å². The van der Waals surface area contributed by atoms with Gasteiger partial charge >= 0.3 is 5.97 Å². The number of carboxylic acids is 1. The number of hydrogen-bond donors (Lipinski definition) is 2. The summed E-state index contributed by atoms with van der Waals surface area (Å²) >= 11 is 5.46. The highest BCUT2D eigenvalue weighted by atomic mass is 35.5. The summed E-state index contributed by atoms with van der Waals surface area (Å²) in [5, 5.41) is 12.5. The molecule has 2 aromatic rings. The summed E-state index contributed by atoms with van der Waals surface area (Å²) < 4.78 is 0. The van der Waals surface area contributed by atoms with Crippen LogP contribution < -0.4 is 5.32 Å². The maximum atomic E-state index is 12.6. The van der Waals surface area contributed by atoms with E-state index in [0.29, 0.717) is 21.4 Å². The second-order valence-corrected chi connectivity index (χ2v) is 5.47. The molecule has 2 aromatic carbocycles. The molecule has 0 aromatic heterocycles. The highest BCUT2D eigenvalue weighted by molar-refractivity contribution is 6.29. The molecule has 2 N–H and O–H groups in total. The van der Waals surface area contributed by atoms with Gasteiger partial charge in [-0.15, -0.1) is 11.6 Å². The lowest BCUT2D eigenvalue weighted by Gasteiger charge is -2.26. The van der Waals surface area contributed by atoms with Crippen LogP contribution in [0.5, 0.6) is 0 Å². The molecule has 8 heteroatoms. The standard InChI is InChI=1S/C16H11ClN2O5/c17-6-12(20)18-9-4-8-2-1-3-10-14(8)11(5-9)16(24)19(15(10)23)7-13(21)22/h1-5H,6-7H2,(H,18,20)(H,21,22). The van der Waals surface area contributed by atoms with E-state index in [-0.39, 0.29) is 17.0 Å². The summed E-state index contributed by atoms with van der Waals surface area (Å²) in [6, 6.07) is 7.90. The van der Waals surface area contributed by atoms with E-state index in [1.165, 1.54) is 12.1 Å². The van der Waals surface area contributed by atoms with Crippen LogP contribution in [-0.4, -0.2) is 46.1 Å². The lowest BCUT2D eigenvalue weighted by atomic mass is 9.93. The summed E-state index contributed by atoms with van der Waals surface area (Å²) in [6.07, 6.45) is 0. The van der Waals surface area contributed by atoms with Gasteiger partial charge in [0.1, 0.15) is 12.4 Å². The lowest BCUT2D eigenvalue weighted by molar-refractivity contribution is -0.137. The fourth-order valence-corrected chi connectivity index (χ4v) is 2.77. The van der Waals surface area contributed by atoms with Gasteiger partial charge in [0.05, 0.1) is 5.56 Å². The predicted molar refractivity (Wildman–Crippen MR) is 86.3 cm³/mol. The van der Waals surface area contributed by atoms with Crippen molar-refractivity contribution in [2.75, 3.05) is 17.7 Å². The van der Waals surface area contributed by atoms with Crippen LogP contribution in [0.15, 0.2) is 30.3 Å². The molecule has 0 radical (unpaired) electrons. The molecule has 0 aliphatic carbocycles. The molecule has 3 amide bonds.